The Morgan fingerprint density at radius 1 is 0.704 bits per heavy atom. The zero-order valence-electron chi connectivity index (χ0n) is 18.5. The van der Waals surface area contributed by atoms with Crippen LogP contribution in [0.2, 0.25) is 0 Å². The largest absolute Gasteiger partial charge is 0.258 e. The molecular weight excluding hydrogens is 326 g/mol. The highest BCUT2D eigenvalue weighted by Crippen LogP contribution is 2.24. The van der Waals surface area contributed by atoms with Gasteiger partial charge in [-0.15, -0.1) is 0 Å². The van der Waals surface area contributed by atoms with Crippen molar-refractivity contribution < 1.29 is 0 Å². The Balaban J connectivity index is 0.000000248. The summed E-state index contributed by atoms with van der Waals surface area (Å²) in [6, 6.07) is 21.3. The van der Waals surface area contributed by atoms with E-state index in [2.05, 4.69) is 94.2 Å². The van der Waals surface area contributed by atoms with E-state index in [0.717, 1.165) is 5.69 Å². The molecule has 0 aliphatic heterocycles. The van der Waals surface area contributed by atoms with Gasteiger partial charge in [0.05, 0.1) is 0 Å². The molecule has 0 bridgehead atoms. The third kappa shape index (κ3) is 6.82. The minimum Gasteiger partial charge on any atom is -0.258 e. The summed E-state index contributed by atoms with van der Waals surface area (Å²) in [6.07, 6.45) is 0. The molecule has 0 fully saturated rings. The summed E-state index contributed by atoms with van der Waals surface area (Å²) < 4.78 is 0. The zero-order valence-corrected chi connectivity index (χ0v) is 18.5. The number of hydrogen-bond donors (Lipinski definition) is 0. The van der Waals surface area contributed by atoms with Crippen molar-refractivity contribution >= 4 is 10.8 Å². The van der Waals surface area contributed by atoms with Crippen molar-refractivity contribution in [1.29, 1.82) is 0 Å². The standard InChI is InChI=1S/C13H14.C11H17N.C2H6/c1-10(2)12-9-5-7-11-6-3-4-8-13(11)12;1-8(2)10(4)11-7-5-6-9(3)12-11;1-2/h3-10H,1-2H3;5-8,10H,1-4H3;1-2H3. The molecule has 0 spiro atoms. The molecule has 3 rings (SSSR count). The molecule has 0 amide bonds. The molecule has 1 atom stereocenters. The van der Waals surface area contributed by atoms with Gasteiger partial charge in [-0.3, -0.25) is 4.98 Å². The maximum Gasteiger partial charge on any atom is 0.0437 e. The van der Waals surface area contributed by atoms with Crippen molar-refractivity contribution in [3.8, 4) is 0 Å². The van der Waals surface area contributed by atoms with E-state index in [0.29, 0.717) is 17.8 Å². The predicted molar refractivity (Wildman–Crippen MR) is 122 cm³/mol. The average Bonchev–Trinajstić information content (AvgIpc) is 2.68. The molecule has 0 aliphatic rings. The highest BCUT2D eigenvalue weighted by atomic mass is 14.7. The fourth-order valence-electron chi connectivity index (χ4n) is 2.91. The van der Waals surface area contributed by atoms with Gasteiger partial charge in [-0.05, 0) is 47.2 Å². The average molecular weight is 364 g/mol. The molecule has 146 valence electrons. The van der Waals surface area contributed by atoms with Crippen LogP contribution < -0.4 is 0 Å². The number of aromatic nitrogens is 1. The summed E-state index contributed by atoms with van der Waals surface area (Å²) >= 11 is 0. The van der Waals surface area contributed by atoms with Crippen LogP contribution in [0.15, 0.2) is 60.7 Å². The van der Waals surface area contributed by atoms with Gasteiger partial charge in [0.1, 0.15) is 0 Å². The van der Waals surface area contributed by atoms with Gasteiger partial charge in [0.2, 0.25) is 0 Å². The highest BCUT2D eigenvalue weighted by Gasteiger charge is 2.10. The van der Waals surface area contributed by atoms with Crippen LogP contribution in [0.25, 0.3) is 10.8 Å². The fourth-order valence-corrected chi connectivity index (χ4v) is 2.91. The lowest BCUT2D eigenvalue weighted by atomic mass is 9.94. The molecule has 1 unspecified atom stereocenters. The van der Waals surface area contributed by atoms with Gasteiger partial charge in [-0.2, -0.15) is 0 Å². The quantitative estimate of drug-likeness (QED) is 0.457. The number of hydrogen-bond acceptors (Lipinski definition) is 1. The molecule has 27 heavy (non-hydrogen) atoms. The van der Waals surface area contributed by atoms with Crippen LogP contribution in [0.4, 0.5) is 0 Å². The second-order valence-corrected chi connectivity index (χ2v) is 7.46. The first kappa shape index (κ1) is 22.9. The monoisotopic (exact) mass is 363 g/mol. The third-order valence-corrected chi connectivity index (χ3v) is 4.82. The summed E-state index contributed by atoms with van der Waals surface area (Å²) in [5, 5.41) is 2.73. The molecule has 0 saturated heterocycles. The molecule has 3 aromatic rings. The zero-order chi connectivity index (χ0) is 20.4. The Hall–Kier alpha value is -2.15. The lowest BCUT2D eigenvalue weighted by Crippen LogP contribution is -2.04. The Labute approximate surface area is 166 Å². The van der Waals surface area contributed by atoms with E-state index in [-0.39, 0.29) is 0 Å². The predicted octanol–water partition coefficient (Wildman–Crippen LogP) is 8.14. The number of rotatable bonds is 3. The van der Waals surface area contributed by atoms with Gasteiger partial charge in [-0.25, -0.2) is 0 Å². The molecule has 1 aromatic heterocycles. The van der Waals surface area contributed by atoms with Crippen LogP contribution >= 0.6 is 0 Å². The summed E-state index contributed by atoms with van der Waals surface area (Å²) in [7, 11) is 0. The van der Waals surface area contributed by atoms with E-state index in [9.17, 15) is 0 Å². The number of benzene rings is 2. The first-order valence-corrected chi connectivity index (χ1v) is 10.3. The number of pyridine rings is 1. The minimum absolute atomic E-state index is 0.560. The molecule has 1 heteroatoms. The van der Waals surface area contributed by atoms with Gasteiger partial charge >= 0.3 is 0 Å². The van der Waals surface area contributed by atoms with Crippen molar-refractivity contribution in [2.24, 2.45) is 5.92 Å². The van der Waals surface area contributed by atoms with E-state index in [4.69, 9.17) is 0 Å². The first-order valence-electron chi connectivity index (χ1n) is 10.3. The summed E-state index contributed by atoms with van der Waals surface area (Å²) in [5.74, 6) is 1.83. The van der Waals surface area contributed by atoms with Crippen LogP contribution in [0.1, 0.15) is 77.3 Å². The van der Waals surface area contributed by atoms with Gasteiger partial charge in [0.15, 0.2) is 0 Å². The van der Waals surface area contributed by atoms with Crippen molar-refractivity contribution in [2.75, 3.05) is 0 Å². The maximum atomic E-state index is 4.49. The van der Waals surface area contributed by atoms with Crippen LogP contribution in [0.5, 0.6) is 0 Å². The topological polar surface area (TPSA) is 12.9 Å². The molecule has 1 heterocycles. The second kappa shape index (κ2) is 11.5. The molecule has 0 radical (unpaired) electrons. The van der Waals surface area contributed by atoms with E-state index in [1.807, 2.05) is 26.8 Å². The second-order valence-electron chi connectivity index (χ2n) is 7.46. The van der Waals surface area contributed by atoms with E-state index >= 15 is 0 Å². The number of aryl methyl sites for hydroxylation is 1. The minimum atomic E-state index is 0.560. The maximum absolute atomic E-state index is 4.49. The van der Waals surface area contributed by atoms with Crippen molar-refractivity contribution in [3.63, 3.8) is 0 Å². The van der Waals surface area contributed by atoms with Crippen molar-refractivity contribution in [2.45, 2.75) is 67.2 Å². The Morgan fingerprint density at radius 3 is 1.89 bits per heavy atom. The lowest BCUT2D eigenvalue weighted by molar-refractivity contribution is 0.523. The molecular formula is C26H37N. The number of nitrogens with zero attached hydrogens (tertiary/aromatic N) is 1. The first-order chi connectivity index (χ1) is 12.9. The summed E-state index contributed by atoms with van der Waals surface area (Å²) in [5.41, 5.74) is 3.77. The SMILES string of the molecule is CC.CC(C)c1cccc2ccccc12.Cc1cccc(C(C)C(C)C)n1. The van der Waals surface area contributed by atoms with Gasteiger partial charge in [-0.1, -0.05) is 97.0 Å². The van der Waals surface area contributed by atoms with E-state index in [1.165, 1.54) is 22.0 Å². The van der Waals surface area contributed by atoms with E-state index in [1.54, 1.807) is 0 Å². The number of fused-ring (bicyclic) bond motifs is 1. The van der Waals surface area contributed by atoms with Crippen LogP contribution in [-0.4, -0.2) is 4.98 Å². The Morgan fingerprint density at radius 2 is 1.30 bits per heavy atom. The summed E-state index contributed by atoms with van der Waals surface area (Å²) in [6.45, 7) is 17.2. The third-order valence-electron chi connectivity index (χ3n) is 4.82. The van der Waals surface area contributed by atoms with Crippen LogP contribution in [-0.2, 0) is 0 Å². The van der Waals surface area contributed by atoms with Crippen LogP contribution in [0, 0.1) is 12.8 Å². The normalized spacial score (nSPS) is 11.5. The van der Waals surface area contributed by atoms with Crippen molar-refractivity contribution in [1.82, 2.24) is 4.98 Å². The molecule has 0 N–H and O–H groups in total. The Bertz CT molecular complexity index is 797. The van der Waals surface area contributed by atoms with E-state index < -0.39 is 0 Å². The summed E-state index contributed by atoms with van der Waals surface area (Å²) in [4.78, 5) is 4.49. The fraction of sp³-hybridized carbons (Fsp3) is 0.423. The highest BCUT2D eigenvalue weighted by molar-refractivity contribution is 5.86. The molecule has 0 aliphatic carbocycles. The molecule has 1 nitrogen and oxygen atoms in total. The lowest BCUT2D eigenvalue weighted by Gasteiger charge is -2.14. The van der Waals surface area contributed by atoms with Crippen molar-refractivity contribution in [3.05, 3.63) is 77.6 Å². The van der Waals surface area contributed by atoms with Gasteiger partial charge < -0.3 is 0 Å². The van der Waals surface area contributed by atoms with Gasteiger partial charge in [0, 0.05) is 17.3 Å². The van der Waals surface area contributed by atoms with Gasteiger partial charge in [0.25, 0.3) is 0 Å². The van der Waals surface area contributed by atoms with Crippen LogP contribution in [0.3, 0.4) is 0 Å². The smallest absolute Gasteiger partial charge is 0.0437 e. The molecule has 2 aromatic carbocycles. The molecule has 0 saturated carbocycles. The Kier molecular flexibility index (Phi) is 9.78.